The molecule has 4 atom stereocenters. The molecule has 0 bridgehead atoms. The second-order valence-corrected chi connectivity index (χ2v) is 10.7. The lowest BCUT2D eigenvalue weighted by molar-refractivity contribution is -0.757. The van der Waals surface area contributed by atoms with Crippen molar-refractivity contribution in [1.29, 1.82) is 0 Å². The van der Waals surface area contributed by atoms with Crippen molar-refractivity contribution in [3.8, 4) is 11.5 Å². The number of methoxy groups -OCH3 is 2. The summed E-state index contributed by atoms with van der Waals surface area (Å²) in [6, 6.07) is 4.87. The fraction of sp³-hybridized carbons (Fsp3) is 0.714. The first-order chi connectivity index (χ1) is 19.4. The minimum Gasteiger partial charge on any atom is -0.493 e. The van der Waals surface area contributed by atoms with Gasteiger partial charge in [0, 0.05) is 32.6 Å². The normalized spacial score (nSPS) is 14.2. The fourth-order valence-corrected chi connectivity index (χ4v) is 4.57. The molecule has 234 valence electrons. The molecule has 0 spiro atoms. The van der Waals surface area contributed by atoms with Gasteiger partial charge >= 0.3 is 6.09 Å². The van der Waals surface area contributed by atoms with Gasteiger partial charge in [-0.15, -0.1) is 10.1 Å². The van der Waals surface area contributed by atoms with Crippen molar-refractivity contribution in [2.75, 3.05) is 40.6 Å². The van der Waals surface area contributed by atoms with Crippen LogP contribution in [-0.4, -0.2) is 80.0 Å². The SMILES string of the molecule is COCCCOc1cc(C[C@@H](C[C@H](NC(=O)O)[C@@H](O)C[C@H](C(=O)NCCO[N+](=O)[O-])C(C)C)C(C)C)ccc1OC. The molecule has 0 heterocycles. The fourth-order valence-electron chi connectivity index (χ4n) is 4.57. The third-order valence-corrected chi connectivity index (χ3v) is 6.98. The summed E-state index contributed by atoms with van der Waals surface area (Å²) >= 11 is 0. The maximum atomic E-state index is 12.8. The molecule has 1 aromatic rings. The Hall–Kier alpha value is -3.32. The second-order valence-electron chi connectivity index (χ2n) is 10.7. The smallest absolute Gasteiger partial charge is 0.404 e. The molecule has 13 nitrogen and oxygen atoms in total. The molecule has 0 aliphatic rings. The van der Waals surface area contributed by atoms with Gasteiger partial charge in [-0.2, -0.15) is 0 Å². The van der Waals surface area contributed by atoms with Crippen LogP contribution in [-0.2, 0) is 20.8 Å². The number of amides is 2. The first kappa shape index (κ1) is 35.7. The van der Waals surface area contributed by atoms with E-state index in [0.29, 0.717) is 37.6 Å². The average molecular weight is 586 g/mol. The molecule has 1 rings (SSSR count). The quantitative estimate of drug-likeness (QED) is 0.0950. The Labute approximate surface area is 242 Å². The van der Waals surface area contributed by atoms with Gasteiger partial charge in [0.25, 0.3) is 5.09 Å². The molecule has 41 heavy (non-hydrogen) atoms. The van der Waals surface area contributed by atoms with Crippen LogP contribution in [0.15, 0.2) is 18.2 Å². The lowest BCUT2D eigenvalue weighted by Crippen LogP contribution is -2.47. The van der Waals surface area contributed by atoms with Gasteiger partial charge in [-0.1, -0.05) is 33.8 Å². The second kappa shape index (κ2) is 18.9. The molecule has 0 saturated heterocycles. The summed E-state index contributed by atoms with van der Waals surface area (Å²) in [6.45, 7) is 8.40. The van der Waals surface area contributed by atoms with Crippen molar-refractivity contribution >= 4 is 12.0 Å². The lowest BCUT2D eigenvalue weighted by atomic mass is 9.80. The molecule has 0 aliphatic heterocycles. The minimum absolute atomic E-state index is 0.0113. The molecular weight excluding hydrogens is 538 g/mol. The zero-order valence-corrected chi connectivity index (χ0v) is 25.0. The molecule has 2 amide bonds. The van der Waals surface area contributed by atoms with E-state index in [2.05, 4.69) is 15.5 Å². The van der Waals surface area contributed by atoms with Crippen LogP contribution in [0.25, 0.3) is 0 Å². The number of nitrogens with zero attached hydrogens (tertiary/aromatic N) is 1. The van der Waals surface area contributed by atoms with Crippen LogP contribution in [0, 0.1) is 33.8 Å². The topological polar surface area (TPSA) is 179 Å². The number of carboxylic acid groups (broad SMARTS) is 1. The molecule has 4 N–H and O–H groups in total. The highest BCUT2D eigenvalue weighted by Gasteiger charge is 2.32. The van der Waals surface area contributed by atoms with Crippen LogP contribution in [0.1, 0.15) is 52.5 Å². The van der Waals surface area contributed by atoms with Crippen molar-refractivity contribution in [3.05, 3.63) is 33.9 Å². The standard InChI is InChI=1S/C28H47N3O10/c1-18(2)21(14-20-8-9-25(39-6)26(15-20)40-12-7-11-38-5)16-23(30-28(34)35)24(32)17-22(19(3)4)27(33)29-10-13-41-31(36)37/h8-9,15,18-19,21-24,30,32H,7,10-14,16-17H2,1-6H3,(H,29,33)(H,34,35)/t21-,22-,23-,24-/m0/s1. The summed E-state index contributed by atoms with van der Waals surface area (Å²) in [6.07, 6.45) is -0.736. The Kier molecular flexibility index (Phi) is 16.5. The maximum Gasteiger partial charge on any atom is 0.404 e. The molecule has 0 aromatic heterocycles. The van der Waals surface area contributed by atoms with Crippen molar-refractivity contribution < 1.29 is 43.9 Å². The van der Waals surface area contributed by atoms with Gasteiger partial charge in [-0.3, -0.25) is 4.79 Å². The highest BCUT2D eigenvalue weighted by Crippen LogP contribution is 2.32. The van der Waals surface area contributed by atoms with E-state index in [4.69, 9.17) is 14.2 Å². The van der Waals surface area contributed by atoms with Crippen LogP contribution in [0.4, 0.5) is 4.79 Å². The number of aliphatic hydroxyl groups is 1. The van der Waals surface area contributed by atoms with E-state index in [1.807, 2.05) is 45.9 Å². The number of carbonyl (C=O) groups is 2. The van der Waals surface area contributed by atoms with E-state index < -0.39 is 35.2 Å². The van der Waals surface area contributed by atoms with Gasteiger partial charge in [0.1, 0.15) is 6.61 Å². The largest absolute Gasteiger partial charge is 0.493 e. The molecule has 0 radical (unpaired) electrons. The predicted molar refractivity (Wildman–Crippen MR) is 151 cm³/mol. The number of ether oxygens (including phenoxy) is 3. The van der Waals surface area contributed by atoms with E-state index in [9.17, 15) is 29.9 Å². The number of rotatable bonds is 21. The lowest BCUT2D eigenvalue weighted by Gasteiger charge is -2.32. The van der Waals surface area contributed by atoms with Crippen molar-refractivity contribution in [2.45, 2.75) is 65.5 Å². The summed E-state index contributed by atoms with van der Waals surface area (Å²) in [5.74, 6) is 0.150. The summed E-state index contributed by atoms with van der Waals surface area (Å²) in [4.78, 5) is 39.0. The molecular formula is C28H47N3O10. The Morgan fingerprint density at radius 1 is 1.02 bits per heavy atom. The van der Waals surface area contributed by atoms with Crippen molar-refractivity contribution in [2.24, 2.45) is 23.7 Å². The molecule has 0 unspecified atom stereocenters. The number of carbonyl (C=O) groups excluding carboxylic acids is 1. The Morgan fingerprint density at radius 3 is 2.29 bits per heavy atom. The van der Waals surface area contributed by atoms with Gasteiger partial charge in [0.05, 0.1) is 25.9 Å². The number of benzene rings is 1. The average Bonchev–Trinajstić information content (AvgIpc) is 2.90. The van der Waals surface area contributed by atoms with Gasteiger partial charge < -0.3 is 39.9 Å². The van der Waals surface area contributed by atoms with Crippen LogP contribution in [0.3, 0.4) is 0 Å². The van der Waals surface area contributed by atoms with E-state index in [-0.39, 0.29) is 37.3 Å². The van der Waals surface area contributed by atoms with E-state index in [1.54, 1.807) is 14.2 Å². The number of hydrogen-bond donors (Lipinski definition) is 4. The molecule has 0 fully saturated rings. The Morgan fingerprint density at radius 2 is 1.73 bits per heavy atom. The van der Waals surface area contributed by atoms with Gasteiger partial charge in [-0.25, -0.2) is 4.79 Å². The number of aliphatic hydroxyl groups excluding tert-OH is 1. The third kappa shape index (κ3) is 13.7. The van der Waals surface area contributed by atoms with Crippen LogP contribution >= 0.6 is 0 Å². The van der Waals surface area contributed by atoms with E-state index in [0.717, 1.165) is 12.0 Å². The molecule has 0 saturated carbocycles. The summed E-state index contributed by atoms with van der Waals surface area (Å²) in [7, 11) is 3.20. The molecule has 0 aliphatic carbocycles. The van der Waals surface area contributed by atoms with Crippen LogP contribution in [0.5, 0.6) is 11.5 Å². The van der Waals surface area contributed by atoms with Crippen LogP contribution in [0.2, 0.25) is 0 Å². The highest BCUT2D eigenvalue weighted by atomic mass is 16.9. The number of hydrogen-bond acceptors (Lipinski definition) is 9. The first-order valence-electron chi connectivity index (χ1n) is 13.9. The zero-order chi connectivity index (χ0) is 30.9. The minimum atomic E-state index is -1.27. The summed E-state index contributed by atoms with van der Waals surface area (Å²) in [5.41, 5.74) is 0.978. The molecule has 1 aromatic carbocycles. The summed E-state index contributed by atoms with van der Waals surface area (Å²) < 4.78 is 16.4. The number of nitrogens with one attached hydrogen (secondary N) is 2. The van der Waals surface area contributed by atoms with E-state index >= 15 is 0 Å². The maximum absolute atomic E-state index is 12.8. The Bertz CT molecular complexity index is 944. The summed E-state index contributed by atoms with van der Waals surface area (Å²) in [5, 5.41) is 35.1. The van der Waals surface area contributed by atoms with E-state index in [1.165, 1.54) is 0 Å². The Balaban J connectivity index is 3.02. The van der Waals surface area contributed by atoms with Gasteiger partial charge in [-0.05, 0) is 54.7 Å². The van der Waals surface area contributed by atoms with Gasteiger partial charge in [0.15, 0.2) is 11.5 Å². The monoisotopic (exact) mass is 585 g/mol. The van der Waals surface area contributed by atoms with Crippen molar-refractivity contribution in [3.63, 3.8) is 0 Å². The first-order valence-corrected chi connectivity index (χ1v) is 13.9. The van der Waals surface area contributed by atoms with Crippen molar-refractivity contribution in [1.82, 2.24) is 10.6 Å². The zero-order valence-electron chi connectivity index (χ0n) is 25.0. The predicted octanol–water partition coefficient (Wildman–Crippen LogP) is 3.30. The third-order valence-electron chi connectivity index (χ3n) is 6.98. The van der Waals surface area contributed by atoms with Gasteiger partial charge in [0.2, 0.25) is 5.91 Å². The van der Waals surface area contributed by atoms with Crippen LogP contribution < -0.4 is 20.1 Å². The highest BCUT2D eigenvalue weighted by molar-refractivity contribution is 5.78. The molecule has 13 heteroatoms.